The van der Waals surface area contributed by atoms with Gasteiger partial charge in [0.05, 0.1) is 32.3 Å². The lowest BCUT2D eigenvalue weighted by atomic mass is 10.3. The van der Waals surface area contributed by atoms with E-state index in [-0.39, 0.29) is 6.04 Å². The molecule has 102 valence electrons. The molecule has 2 unspecified atom stereocenters. The summed E-state index contributed by atoms with van der Waals surface area (Å²) in [6.07, 6.45) is 0. The van der Waals surface area contributed by atoms with Crippen molar-refractivity contribution in [3.05, 3.63) is 28.2 Å². The van der Waals surface area contributed by atoms with Gasteiger partial charge in [0.25, 0.3) is 0 Å². The highest BCUT2D eigenvalue weighted by atomic mass is 35.5. The smallest absolute Gasteiger partial charge is 0.0761 e. The summed E-state index contributed by atoms with van der Waals surface area (Å²) >= 11 is 12.1. The second-order valence-corrected chi connectivity index (χ2v) is 6.02. The molecule has 3 nitrogen and oxygen atoms in total. The summed E-state index contributed by atoms with van der Waals surface area (Å²) in [7, 11) is 0.375. The van der Waals surface area contributed by atoms with Gasteiger partial charge in [0.15, 0.2) is 0 Å². The van der Waals surface area contributed by atoms with Gasteiger partial charge in [-0.3, -0.25) is 4.21 Å². The normalized spacial score (nSPS) is 14.4. The van der Waals surface area contributed by atoms with E-state index in [4.69, 9.17) is 27.9 Å². The molecule has 1 aromatic carbocycles. The second-order valence-electron chi connectivity index (χ2n) is 3.77. The summed E-state index contributed by atoms with van der Waals surface area (Å²) in [4.78, 5) is 0.500. The van der Waals surface area contributed by atoms with Crippen molar-refractivity contribution in [1.82, 2.24) is 5.32 Å². The highest BCUT2D eigenvalue weighted by Crippen LogP contribution is 2.27. The Morgan fingerprint density at radius 1 is 1.39 bits per heavy atom. The number of nitrogens with one attached hydrogen (secondary N) is 1. The zero-order chi connectivity index (χ0) is 13.5. The third-order valence-corrected chi connectivity index (χ3v) is 4.81. The lowest BCUT2D eigenvalue weighted by Crippen LogP contribution is -2.37. The summed E-state index contributed by atoms with van der Waals surface area (Å²) in [5.41, 5.74) is 0. The molecule has 0 aliphatic heterocycles. The highest BCUT2D eigenvalue weighted by Gasteiger charge is 2.17. The molecule has 1 rings (SSSR count). The summed E-state index contributed by atoms with van der Waals surface area (Å²) in [5.74, 6) is 0.422. The molecule has 0 aliphatic carbocycles. The van der Waals surface area contributed by atoms with Crippen LogP contribution in [0.3, 0.4) is 0 Å². The minimum absolute atomic E-state index is 0.0215. The Balaban J connectivity index is 2.80. The van der Waals surface area contributed by atoms with Gasteiger partial charge in [-0.05, 0) is 18.7 Å². The van der Waals surface area contributed by atoms with E-state index in [2.05, 4.69) is 5.32 Å². The molecular weight excluding hydrogens is 293 g/mol. The molecule has 0 aliphatic rings. The van der Waals surface area contributed by atoms with Crippen LogP contribution in [0.15, 0.2) is 23.1 Å². The van der Waals surface area contributed by atoms with Crippen molar-refractivity contribution in [1.29, 1.82) is 0 Å². The number of likely N-dealkylation sites (N-methyl/N-ethyl adjacent to an activating group) is 1. The molecule has 0 radical (unpaired) electrons. The first kappa shape index (κ1) is 15.9. The van der Waals surface area contributed by atoms with Gasteiger partial charge in [-0.1, -0.05) is 36.2 Å². The molecule has 18 heavy (non-hydrogen) atoms. The number of methoxy groups -OCH3 is 1. The zero-order valence-electron chi connectivity index (χ0n) is 10.4. The summed E-state index contributed by atoms with van der Waals surface area (Å²) in [6, 6.07) is 5.15. The Kier molecular flexibility index (Phi) is 7.19. The lowest BCUT2D eigenvalue weighted by Gasteiger charge is -2.17. The molecule has 6 heteroatoms. The fourth-order valence-corrected chi connectivity index (χ4v) is 3.85. The fraction of sp³-hybridized carbons (Fsp3) is 0.500. The van der Waals surface area contributed by atoms with Crippen LogP contribution in [-0.2, 0) is 15.5 Å². The van der Waals surface area contributed by atoms with Crippen LogP contribution in [0, 0.1) is 0 Å². The van der Waals surface area contributed by atoms with Gasteiger partial charge in [-0.2, -0.15) is 0 Å². The Morgan fingerprint density at radius 2 is 2.00 bits per heavy atom. The van der Waals surface area contributed by atoms with E-state index in [1.807, 2.05) is 6.92 Å². The molecule has 0 fully saturated rings. The highest BCUT2D eigenvalue weighted by molar-refractivity contribution is 7.85. The Hall–Kier alpha value is -0.130. The zero-order valence-corrected chi connectivity index (χ0v) is 12.7. The largest absolute Gasteiger partial charge is 0.383 e. The molecule has 1 N–H and O–H groups in total. The van der Waals surface area contributed by atoms with E-state index in [1.165, 1.54) is 0 Å². The van der Waals surface area contributed by atoms with Crippen molar-refractivity contribution in [2.24, 2.45) is 0 Å². The molecule has 1 aromatic rings. The van der Waals surface area contributed by atoms with Gasteiger partial charge >= 0.3 is 0 Å². The quantitative estimate of drug-likeness (QED) is 0.841. The van der Waals surface area contributed by atoms with E-state index >= 15 is 0 Å². The number of halogens is 2. The number of rotatable bonds is 7. The topological polar surface area (TPSA) is 38.3 Å². The lowest BCUT2D eigenvalue weighted by molar-refractivity contribution is 0.174. The third-order valence-electron chi connectivity index (χ3n) is 2.36. The standard InChI is InChI=1S/C12H17Cl2NO2S/c1-3-15-9(7-17-2)8-18(16)12-10(13)5-4-6-11(12)14/h4-6,9,15H,3,7-8H2,1-2H3. The predicted octanol–water partition coefficient (Wildman–Crippen LogP) is 2.73. The first-order valence-electron chi connectivity index (χ1n) is 5.64. The summed E-state index contributed by atoms with van der Waals surface area (Å²) in [6.45, 7) is 3.29. The van der Waals surface area contributed by atoms with Gasteiger partial charge in [0.1, 0.15) is 0 Å². The van der Waals surface area contributed by atoms with E-state index in [0.29, 0.717) is 27.3 Å². The average Bonchev–Trinajstić information content (AvgIpc) is 2.29. The predicted molar refractivity (Wildman–Crippen MR) is 77.1 cm³/mol. The van der Waals surface area contributed by atoms with Crippen molar-refractivity contribution < 1.29 is 8.95 Å². The molecule has 0 heterocycles. The van der Waals surface area contributed by atoms with Gasteiger partial charge in [0, 0.05) is 18.9 Å². The van der Waals surface area contributed by atoms with Crippen LogP contribution in [0.4, 0.5) is 0 Å². The van der Waals surface area contributed by atoms with Crippen molar-refractivity contribution in [3.8, 4) is 0 Å². The second kappa shape index (κ2) is 8.12. The Labute approximate surface area is 120 Å². The van der Waals surface area contributed by atoms with Gasteiger partial charge in [0.2, 0.25) is 0 Å². The molecule has 0 saturated heterocycles. The van der Waals surface area contributed by atoms with Crippen LogP contribution in [0.2, 0.25) is 10.0 Å². The van der Waals surface area contributed by atoms with Crippen molar-refractivity contribution in [3.63, 3.8) is 0 Å². The third kappa shape index (κ3) is 4.52. The van der Waals surface area contributed by atoms with Crippen LogP contribution in [-0.4, -0.2) is 36.3 Å². The molecule has 0 saturated carbocycles. The molecule has 0 amide bonds. The van der Waals surface area contributed by atoms with Crippen molar-refractivity contribution in [2.45, 2.75) is 17.9 Å². The SMILES string of the molecule is CCNC(COC)CS(=O)c1c(Cl)cccc1Cl. The van der Waals surface area contributed by atoms with Gasteiger partial charge in [-0.15, -0.1) is 0 Å². The fourth-order valence-electron chi connectivity index (χ4n) is 1.62. The van der Waals surface area contributed by atoms with Crippen LogP contribution >= 0.6 is 23.2 Å². The number of ether oxygens (including phenoxy) is 1. The average molecular weight is 310 g/mol. The number of hydrogen-bond donors (Lipinski definition) is 1. The number of hydrogen-bond acceptors (Lipinski definition) is 3. The maximum Gasteiger partial charge on any atom is 0.0761 e. The molecular formula is C12H17Cl2NO2S. The molecule has 2 atom stereocenters. The summed E-state index contributed by atoms with van der Waals surface area (Å²) in [5, 5.41) is 4.10. The molecule has 0 spiro atoms. The van der Waals surface area contributed by atoms with Crippen molar-refractivity contribution >= 4 is 34.0 Å². The minimum Gasteiger partial charge on any atom is -0.383 e. The van der Waals surface area contributed by atoms with Crippen LogP contribution in [0.1, 0.15) is 6.92 Å². The van der Waals surface area contributed by atoms with Crippen molar-refractivity contribution in [2.75, 3.05) is 26.0 Å². The van der Waals surface area contributed by atoms with Crippen LogP contribution in [0.25, 0.3) is 0 Å². The number of benzene rings is 1. The maximum absolute atomic E-state index is 12.3. The van der Waals surface area contributed by atoms with E-state index in [9.17, 15) is 4.21 Å². The monoisotopic (exact) mass is 309 g/mol. The summed E-state index contributed by atoms with van der Waals surface area (Å²) < 4.78 is 17.4. The minimum atomic E-state index is -1.25. The van der Waals surface area contributed by atoms with E-state index in [1.54, 1.807) is 25.3 Å². The van der Waals surface area contributed by atoms with Crippen LogP contribution in [0.5, 0.6) is 0 Å². The molecule has 0 aromatic heterocycles. The van der Waals surface area contributed by atoms with E-state index < -0.39 is 10.8 Å². The Bertz CT molecular complexity index is 389. The molecule has 0 bridgehead atoms. The maximum atomic E-state index is 12.3. The van der Waals surface area contributed by atoms with Gasteiger partial charge < -0.3 is 10.1 Å². The first-order valence-corrected chi connectivity index (χ1v) is 7.72. The van der Waals surface area contributed by atoms with E-state index in [0.717, 1.165) is 6.54 Å². The van der Waals surface area contributed by atoms with Gasteiger partial charge in [-0.25, -0.2) is 0 Å². The first-order chi connectivity index (χ1) is 8.60. The van der Waals surface area contributed by atoms with Crippen LogP contribution < -0.4 is 5.32 Å². The Morgan fingerprint density at radius 3 is 2.50 bits per heavy atom.